The number of carbonyl (C=O) groups is 1. The van der Waals surface area contributed by atoms with Crippen molar-refractivity contribution in [2.75, 3.05) is 6.54 Å². The van der Waals surface area contributed by atoms with Crippen LogP contribution in [0.1, 0.15) is 57.9 Å². The molecule has 0 saturated carbocycles. The Labute approximate surface area is 205 Å². The summed E-state index contributed by atoms with van der Waals surface area (Å²) in [5.74, 6) is -0.126. The van der Waals surface area contributed by atoms with Gasteiger partial charge in [0.25, 0.3) is 5.91 Å². The summed E-state index contributed by atoms with van der Waals surface area (Å²) in [4.78, 5) is 16.6. The second kappa shape index (κ2) is 12.5. The molecule has 2 unspecified atom stereocenters. The van der Waals surface area contributed by atoms with E-state index in [0.717, 1.165) is 41.8 Å². The third kappa shape index (κ3) is 7.00. The van der Waals surface area contributed by atoms with Crippen LogP contribution in [0.15, 0.2) is 55.3 Å². The molecule has 0 bridgehead atoms. The maximum absolute atomic E-state index is 12.6. The number of aliphatic hydroxyl groups is 1. The van der Waals surface area contributed by atoms with Gasteiger partial charge in [-0.05, 0) is 55.5 Å². The average Bonchev–Trinajstić information content (AvgIpc) is 3.21. The Morgan fingerprint density at radius 1 is 1.26 bits per heavy atom. The van der Waals surface area contributed by atoms with Gasteiger partial charge >= 0.3 is 0 Å². The fourth-order valence-corrected chi connectivity index (χ4v) is 3.87. The number of aromatic amines is 1. The highest BCUT2D eigenvalue weighted by Gasteiger charge is 2.14. The van der Waals surface area contributed by atoms with Gasteiger partial charge in [0.15, 0.2) is 0 Å². The number of nitrogens with one attached hydrogen (secondary N) is 3. The summed E-state index contributed by atoms with van der Waals surface area (Å²) in [5, 5.41) is 24.5. The van der Waals surface area contributed by atoms with E-state index in [0.29, 0.717) is 29.4 Å². The summed E-state index contributed by atoms with van der Waals surface area (Å²) in [6.07, 6.45) is 5.10. The van der Waals surface area contributed by atoms with Crippen LogP contribution >= 0.6 is 11.6 Å². The highest BCUT2D eigenvalue weighted by molar-refractivity contribution is 6.29. The van der Waals surface area contributed by atoms with Crippen molar-refractivity contribution in [2.24, 2.45) is 0 Å². The molecule has 8 heteroatoms. The van der Waals surface area contributed by atoms with Crippen LogP contribution in [-0.2, 0) is 19.4 Å². The van der Waals surface area contributed by atoms with E-state index in [2.05, 4.69) is 39.3 Å². The number of rotatable bonds is 12. The standard InChI is InChI=1S/C26H32ClN5O2/c1-4-6-21(28-16-24(33)20-11-12-25(27)29-14-20)13-18-7-9-19(10-8-18)26(34)30-15-23-17(3)22(5-2)31-32-23/h4,7-12,14,21,24,28,33H,1,5-6,13,15-16H2,2-3H3,(H,30,34)(H,31,32). The first-order chi connectivity index (χ1) is 16.4. The van der Waals surface area contributed by atoms with Gasteiger partial charge in [-0.3, -0.25) is 9.89 Å². The van der Waals surface area contributed by atoms with Crippen LogP contribution in [0.3, 0.4) is 0 Å². The molecule has 7 nitrogen and oxygen atoms in total. The number of halogens is 1. The number of aliphatic hydroxyl groups excluding tert-OH is 1. The Kier molecular flexibility index (Phi) is 9.39. The molecule has 1 aromatic carbocycles. The van der Waals surface area contributed by atoms with E-state index in [9.17, 15) is 9.90 Å². The number of amides is 1. The normalized spacial score (nSPS) is 12.8. The van der Waals surface area contributed by atoms with E-state index in [1.807, 2.05) is 37.3 Å². The van der Waals surface area contributed by atoms with Gasteiger partial charge < -0.3 is 15.7 Å². The summed E-state index contributed by atoms with van der Waals surface area (Å²) >= 11 is 5.82. The van der Waals surface area contributed by atoms with E-state index >= 15 is 0 Å². The molecule has 0 aliphatic carbocycles. The molecule has 1 amide bonds. The third-order valence-electron chi connectivity index (χ3n) is 5.86. The molecule has 0 aliphatic rings. The molecule has 0 fully saturated rings. The van der Waals surface area contributed by atoms with Crippen molar-refractivity contribution in [3.05, 3.63) is 94.0 Å². The molecule has 3 rings (SSSR count). The van der Waals surface area contributed by atoms with E-state index in [-0.39, 0.29) is 11.9 Å². The molecule has 0 radical (unpaired) electrons. The van der Waals surface area contributed by atoms with E-state index in [4.69, 9.17) is 11.6 Å². The van der Waals surface area contributed by atoms with Crippen LogP contribution in [0, 0.1) is 6.92 Å². The van der Waals surface area contributed by atoms with Crippen LogP contribution in [0.4, 0.5) is 0 Å². The molecular formula is C26H32ClN5O2. The number of benzene rings is 1. The molecule has 2 aromatic heterocycles. The maximum Gasteiger partial charge on any atom is 0.251 e. The highest BCUT2D eigenvalue weighted by Crippen LogP contribution is 2.15. The molecule has 2 heterocycles. The number of aromatic nitrogens is 3. The second-order valence-corrected chi connectivity index (χ2v) is 8.66. The highest BCUT2D eigenvalue weighted by atomic mass is 35.5. The van der Waals surface area contributed by atoms with Gasteiger partial charge in [-0.15, -0.1) is 6.58 Å². The van der Waals surface area contributed by atoms with Crippen molar-refractivity contribution in [1.29, 1.82) is 0 Å². The van der Waals surface area contributed by atoms with Gasteiger partial charge in [-0.1, -0.05) is 42.8 Å². The molecule has 3 aromatic rings. The monoisotopic (exact) mass is 481 g/mol. The summed E-state index contributed by atoms with van der Waals surface area (Å²) < 4.78 is 0. The summed E-state index contributed by atoms with van der Waals surface area (Å²) in [7, 11) is 0. The zero-order valence-electron chi connectivity index (χ0n) is 19.6. The lowest BCUT2D eigenvalue weighted by molar-refractivity contribution is 0.0950. The van der Waals surface area contributed by atoms with Crippen LogP contribution < -0.4 is 10.6 Å². The molecule has 180 valence electrons. The first kappa shape index (κ1) is 25.6. The quantitative estimate of drug-likeness (QED) is 0.231. The van der Waals surface area contributed by atoms with Crippen LogP contribution in [0.5, 0.6) is 0 Å². The summed E-state index contributed by atoms with van der Waals surface area (Å²) in [5.41, 5.74) is 5.45. The minimum absolute atomic E-state index is 0.100. The Morgan fingerprint density at radius 3 is 2.65 bits per heavy atom. The Balaban J connectivity index is 1.53. The SMILES string of the molecule is C=CCC(Cc1ccc(C(=O)NCc2[nH]nc(CC)c2C)cc1)NCC(O)c1ccc(Cl)nc1. The number of pyridine rings is 1. The topological polar surface area (TPSA) is 103 Å². The van der Waals surface area contributed by atoms with Crippen molar-refractivity contribution < 1.29 is 9.90 Å². The van der Waals surface area contributed by atoms with Crippen LogP contribution in [-0.4, -0.2) is 38.8 Å². The zero-order chi connectivity index (χ0) is 24.5. The van der Waals surface area contributed by atoms with Crippen molar-refractivity contribution >= 4 is 17.5 Å². The van der Waals surface area contributed by atoms with Crippen molar-refractivity contribution in [2.45, 2.75) is 51.8 Å². The smallest absolute Gasteiger partial charge is 0.251 e. The Bertz CT molecular complexity index is 1080. The van der Waals surface area contributed by atoms with Crippen molar-refractivity contribution in [3.63, 3.8) is 0 Å². The van der Waals surface area contributed by atoms with E-state index in [1.165, 1.54) is 0 Å². The van der Waals surface area contributed by atoms with Gasteiger partial charge in [0.1, 0.15) is 5.15 Å². The molecule has 4 N–H and O–H groups in total. The molecular weight excluding hydrogens is 450 g/mol. The summed E-state index contributed by atoms with van der Waals surface area (Å²) in [6, 6.07) is 11.1. The maximum atomic E-state index is 12.6. The van der Waals surface area contributed by atoms with Crippen molar-refractivity contribution in [3.8, 4) is 0 Å². The first-order valence-electron chi connectivity index (χ1n) is 11.4. The largest absolute Gasteiger partial charge is 0.387 e. The van der Waals surface area contributed by atoms with Crippen LogP contribution in [0.25, 0.3) is 0 Å². The number of H-pyrrole nitrogens is 1. The Hall–Kier alpha value is -3.00. The molecule has 34 heavy (non-hydrogen) atoms. The number of hydrogen-bond donors (Lipinski definition) is 4. The third-order valence-corrected chi connectivity index (χ3v) is 6.08. The number of hydrogen-bond acceptors (Lipinski definition) is 5. The fraction of sp³-hybridized carbons (Fsp3) is 0.346. The predicted molar refractivity (Wildman–Crippen MR) is 135 cm³/mol. The van der Waals surface area contributed by atoms with Crippen LogP contribution in [0.2, 0.25) is 5.15 Å². The van der Waals surface area contributed by atoms with Gasteiger partial charge in [-0.25, -0.2) is 4.98 Å². The molecule has 2 atom stereocenters. The van der Waals surface area contributed by atoms with Gasteiger partial charge in [0, 0.05) is 29.9 Å². The minimum atomic E-state index is -0.685. The minimum Gasteiger partial charge on any atom is -0.387 e. The predicted octanol–water partition coefficient (Wildman–Crippen LogP) is 4.07. The zero-order valence-corrected chi connectivity index (χ0v) is 20.4. The first-order valence-corrected chi connectivity index (χ1v) is 11.8. The number of aryl methyl sites for hydroxylation is 1. The lowest BCUT2D eigenvalue weighted by atomic mass is 10.0. The number of nitrogens with zero attached hydrogens (tertiary/aromatic N) is 2. The van der Waals surface area contributed by atoms with Gasteiger partial charge in [0.05, 0.1) is 24.0 Å². The molecule has 0 aliphatic heterocycles. The lowest BCUT2D eigenvalue weighted by Crippen LogP contribution is -2.34. The average molecular weight is 482 g/mol. The lowest BCUT2D eigenvalue weighted by Gasteiger charge is -2.20. The Morgan fingerprint density at radius 2 is 2.03 bits per heavy atom. The molecule has 0 saturated heterocycles. The van der Waals surface area contributed by atoms with Gasteiger partial charge in [0.2, 0.25) is 0 Å². The fourth-order valence-electron chi connectivity index (χ4n) is 3.76. The van der Waals surface area contributed by atoms with E-state index < -0.39 is 6.10 Å². The summed E-state index contributed by atoms with van der Waals surface area (Å²) in [6.45, 7) is 8.71. The number of carbonyl (C=O) groups excluding carboxylic acids is 1. The van der Waals surface area contributed by atoms with Crippen molar-refractivity contribution in [1.82, 2.24) is 25.8 Å². The van der Waals surface area contributed by atoms with Gasteiger partial charge in [-0.2, -0.15) is 5.10 Å². The second-order valence-electron chi connectivity index (χ2n) is 8.27. The molecule has 0 spiro atoms. The van der Waals surface area contributed by atoms with E-state index in [1.54, 1.807) is 18.3 Å².